The number of fused-ring (bicyclic) bond motifs is 3. The van der Waals surface area contributed by atoms with E-state index < -0.39 is 10.0 Å². The molecule has 1 saturated heterocycles. The van der Waals surface area contributed by atoms with Gasteiger partial charge in [-0.05, 0) is 35.7 Å². The summed E-state index contributed by atoms with van der Waals surface area (Å²) >= 11 is 0. The lowest BCUT2D eigenvalue weighted by Crippen LogP contribution is -2.49. The highest BCUT2D eigenvalue weighted by atomic mass is 32.2. The zero-order valence-electron chi connectivity index (χ0n) is 17.5. The number of benzene rings is 2. The Balaban J connectivity index is 1.38. The highest BCUT2D eigenvalue weighted by molar-refractivity contribution is 7.89. The van der Waals surface area contributed by atoms with E-state index in [2.05, 4.69) is 28.7 Å². The standard InChI is InChI=1S/C23H24N4O3S/c1-16(2)17-7-9-18(10-8-17)31(28,29)27-13-11-26(12-14-27)23-22-21(24-15-25-23)19-5-3-4-6-20(19)30-22/h3-10,15-16H,11-14H2,1-2H3. The topological polar surface area (TPSA) is 79.5 Å². The Kier molecular flexibility index (Phi) is 4.91. The van der Waals surface area contributed by atoms with Crippen LogP contribution in [-0.4, -0.2) is 48.9 Å². The fourth-order valence-electron chi connectivity index (χ4n) is 4.05. The summed E-state index contributed by atoms with van der Waals surface area (Å²) in [4.78, 5) is 11.3. The fourth-order valence-corrected chi connectivity index (χ4v) is 5.47. The van der Waals surface area contributed by atoms with Crippen LogP contribution >= 0.6 is 0 Å². The highest BCUT2D eigenvalue weighted by Crippen LogP contribution is 2.32. The molecule has 4 aromatic rings. The maximum atomic E-state index is 13.1. The Morgan fingerprint density at radius 2 is 1.65 bits per heavy atom. The maximum absolute atomic E-state index is 13.1. The van der Waals surface area contributed by atoms with Gasteiger partial charge in [-0.1, -0.05) is 38.1 Å². The number of sulfonamides is 1. The molecule has 0 radical (unpaired) electrons. The van der Waals surface area contributed by atoms with Crippen LogP contribution in [0.15, 0.2) is 64.2 Å². The number of aromatic nitrogens is 2. The van der Waals surface area contributed by atoms with Gasteiger partial charge >= 0.3 is 0 Å². The van der Waals surface area contributed by atoms with Crippen LogP contribution in [0.1, 0.15) is 25.3 Å². The Hall–Kier alpha value is -2.97. The molecular formula is C23H24N4O3S. The van der Waals surface area contributed by atoms with Gasteiger partial charge in [-0.2, -0.15) is 4.31 Å². The minimum absolute atomic E-state index is 0.340. The quantitative estimate of drug-likeness (QED) is 0.481. The van der Waals surface area contributed by atoms with Crippen molar-refractivity contribution in [1.29, 1.82) is 0 Å². The molecule has 0 bridgehead atoms. The third-order valence-corrected chi connectivity index (χ3v) is 7.77. The number of piperazine rings is 1. The number of hydrogen-bond donors (Lipinski definition) is 0. The molecule has 3 heterocycles. The molecule has 1 aliphatic heterocycles. The zero-order valence-corrected chi connectivity index (χ0v) is 18.3. The largest absolute Gasteiger partial charge is 0.450 e. The van der Waals surface area contributed by atoms with Gasteiger partial charge in [-0.3, -0.25) is 0 Å². The summed E-state index contributed by atoms with van der Waals surface area (Å²) in [6, 6.07) is 15.0. The average Bonchev–Trinajstić information content (AvgIpc) is 3.18. The molecule has 5 rings (SSSR count). The second-order valence-corrected chi connectivity index (χ2v) is 10.0. The predicted octanol–water partition coefficient (Wildman–Crippen LogP) is 4.01. The highest BCUT2D eigenvalue weighted by Gasteiger charge is 2.30. The molecule has 0 amide bonds. The molecule has 0 unspecified atom stereocenters. The molecule has 0 saturated carbocycles. The van der Waals surface area contributed by atoms with Gasteiger partial charge in [-0.25, -0.2) is 18.4 Å². The van der Waals surface area contributed by atoms with Crippen LogP contribution in [0, 0.1) is 0 Å². The molecule has 0 aliphatic carbocycles. The van der Waals surface area contributed by atoms with Crippen molar-refractivity contribution in [3.05, 3.63) is 60.4 Å². The third kappa shape index (κ3) is 3.45. The molecule has 160 valence electrons. The summed E-state index contributed by atoms with van der Waals surface area (Å²) in [5, 5.41) is 0.951. The number of nitrogens with zero attached hydrogens (tertiary/aromatic N) is 4. The second-order valence-electron chi connectivity index (χ2n) is 8.09. The van der Waals surface area contributed by atoms with E-state index in [1.807, 2.05) is 36.4 Å². The molecule has 8 heteroatoms. The van der Waals surface area contributed by atoms with Crippen LogP contribution in [0.5, 0.6) is 0 Å². The first kappa shape index (κ1) is 20.0. The van der Waals surface area contributed by atoms with Crippen molar-refractivity contribution in [3.8, 4) is 0 Å². The van der Waals surface area contributed by atoms with Gasteiger partial charge in [0, 0.05) is 31.6 Å². The zero-order chi connectivity index (χ0) is 21.6. The van der Waals surface area contributed by atoms with Gasteiger partial charge in [0.2, 0.25) is 10.0 Å². The van der Waals surface area contributed by atoms with E-state index in [1.165, 1.54) is 0 Å². The van der Waals surface area contributed by atoms with Crippen molar-refractivity contribution in [2.75, 3.05) is 31.1 Å². The first-order valence-electron chi connectivity index (χ1n) is 10.4. The molecule has 7 nitrogen and oxygen atoms in total. The van der Waals surface area contributed by atoms with Crippen LogP contribution < -0.4 is 4.90 Å². The van der Waals surface area contributed by atoms with Crippen LogP contribution in [0.3, 0.4) is 0 Å². The minimum atomic E-state index is -3.52. The number of para-hydroxylation sites is 1. The average molecular weight is 437 g/mol. The Morgan fingerprint density at radius 3 is 2.35 bits per heavy atom. The Morgan fingerprint density at radius 1 is 0.935 bits per heavy atom. The first-order valence-corrected chi connectivity index (χ1v) is 11.9. The van der Waals surface area contributed by atoms with E-state index in [9.17, 15) is 8.42 Å². The minimum Gasteiger partial charge on any atom is -0.450 e. The van der Waals surface area contributed by atoms with Crippen molar-refractivity contribution >= 4 is 37.9 Å². The van der Waals surface area contributed by atoms with Gasteiger partial charge in [0.1, 0.15) is 17.4 Å². The molecular weight excluding hydrogens is 412 g/mol. The van der Waals surface area contributed by atoms with Crippen molar-refractivity contribution in [2.24, 2.45) is 0 Å². The van der Waals surface area contributed by atoms with E-state index >= 15 is 0 Å². The van der Waals surface area contributed by atoms with Gasteiger partial charge in [0.25, 0.3) is 0 Å². The first-order chi connectivity index (χ1) is 14.9. The third-order valence-electron chi connectivity index (χ3n) is 5.86. The lowest BCUT2D eigenvalue weighted by atomic mass is 10.0. The van der Waals surface area contributed by atoms with Gasteiger partial charge in [-0.15, -0.1) is 0 Å². The SMILES string of the molecule is CC(C)c1ccc(S(=O)(=O)N2CCN(c3ncnc4c3oc3ccccc34)CC2)cc1. The number of hydrogen-bond acceptors (Lipinski definition) is 6. The smallest absolute Gasteiger partial charge is 0.243 e. The summed E-state index contributed by atoms with van der Waals surface area (Å²) in [5.74, 6) is 1.07. The molecule has 0 N–H and O–H groups in total. The van der Waals surface area contributed by atoms with E-state index in [-0.39, 0.29) is 0 Å². The molecule has 0 atom stereocenters. The van der Waals surface area contributed by atoms with Crippen molar-refractivity contribution < 1.29 is 12.8 Å². The summed E-state index contributed by atoms with van der Waals surface area (Å²) in [6.07, 6.45) is 1.54. The van der Waals surface area contributed by atoms with Crippen LogP contribution in [-0.2, 0) is 10.0 Å². The second kappa shape index (κ2) is 7.62. The molecule has 1 fully saturated rings. The summed E-state index contributed by atoms with van der Waals surface area (Å²) < 4.78 is 33.8. The monoisotopic (exact) mass is 436 g/mol. The molecule has 2 aromatic carbocycles. The van der Waals surface area contributed by atoms with Crippen LogP contribution in [0.25, 0.3) is 22.1 Å². The van der Waals surface area contributed by atoms with Gasteiger partial charge in [0.15, 0.2) is 11.4 Å². The van der Waals surface area contributed by atoms with Crippen LogP contribution in [0.2, 0.25) is 0 Å². The Bertz CT molecular complexity index is 1340. The van der Waals surface area contributed by atoms with Crippen LogP contribution in [0.4, 0.5) is 5.82 Å². The summed E-state index contributed by atoms with van der Waals surface area (Å²) in [7, 11) is -3.52. The number of anilines is 1. The Labute approximate surface area is 181 Å². The maximum Gasteiger partial charge on any atom is 0.243 e. The van der Waals surface area contributed by atoms with E-state index in [0.29, 0.717) is 48.4 Å². The predicted molar refractivity (Wildman–Crippen MR) is 121 cm³/mol. The summed E-state index contributed by atoms with van der Waals surface area (Å²) in [6.45, 7) is 6.03. The molecule has 0 spiro atoms. The van der Waals surface area contributed by atoms with E-state index in [0.717, 1.165) is 22.0 Å². The van der Waals surface area contributed by atoms with E-state index in [1.54, 1.807) is 22.8 Å². The van der Waals surface area contributed by atoms with Gasteiger partial charge in [0.05, 0.1) is 4.90 Å². The van der Waals surface area contributed by atoms with Crippen molar-refractivity contribution in [3.63, 3.8) is 0 Å². The molecule has 31 heavy (non-hydrogen) atoms. The van der Waals surface area contributed by atoms with Crippen molar-refractivity contribution in [2.45, 2.75) is 24.7 Å². The number of rotatable bonds is 4. The van der Waals surface area contributed by atoms with E-state index in [4.69, 9.17) is 4.42 Å². The lowest BCUT2D eigenvalue weighted by molar-refractivity contribution is 0.383. The number of furan rings is 1. The normalized spacial score (nSPS) is 15.9. The van der Waals surface area contributed by atoms with Gasteiger partial charge < -0.3 is 9.32 Å². The molecule has 2 aromatic heterocycles. The fraction of sp³-hybridized carbons (Fsp3) is 0.304. The lowest BCUT2D eigenvalue weighted by Gasteiger charge is -2.34. The summed E-state index contributed by atoms with van der Waals surface area (Å²) in [5.41, 5.74) is 3.32. The molecule has 1 aliphatic rings. The van der Waals surface area contributed by atoms with Crippen molar-refractivity contribution in [1.82, 2.24) is 14.3 Å².